The molecule has 2 fully saturated rings. The Bertz CT molecular complexity index is 1710. The van der Waals surface area contributed by atoms with E-state index in [1.807, 2.05) is 60.9 Å². The fourth-order valence-electron chi connectivity index (χ4n) is 6.29. The molecule has 10 heteroatoms. The van der Waals surface area contributed by atoms with E-state index in [0.29, 0.717) is 47.7 Å². The Hall–Kier alpha value is -4.86. The molecule has 3 aromatic heterocycles. The molecule has 2 bridgehead atoms. The minimum Gasteiger partial charge on any atom is -0.465 e. The minimum atomic E-state index is -0.491. The van der Waals surface area contributed by atoms with Crippen molar-refractivity contribution in [1.29, 1.82) is 0 Å². The molecule has 0 radical (unpaired) electrons. The van der Waals surface area contributed by atoms with E-state index < -0.39 is 17.3 Å². The highest BCUT2D eigenvalue weighted by Gasteiger charge is 2.50. The van der Waals surface area contributed by atoms with Gasteiger partial charge in [-0.05, 0) is 48.2 Å². The summed E-state index contributed by atoms with van der Waals surface area (Å²) >= 11 is 0. The SMILES string of the molecule is COC(=O)c1ccc(-c2ccc(C(=O)N3C[C@@H]4C[C@H]3CN4C(=O)[C@@H](CC(=O)c3cc4ccccc4[nH]3)C(C)(C)C)nc2)nc1. The number of H-pyrrole nitrogens is 1. The lowest BCUT2D eigenvalue weighted by Crippen LogP contribution is -2.53. The number of pyridine rings is 2. The zero-order valence-electron chi connectivity index (χ0n) is 25.2. The fourth-order valence-corrected chi connectivity index (χ4v) is 6.29. The first-order valence-corrected chi connectivity index (χ1v) is 14.8. The van der Waals surface area contributed by atoms with Crippen LogP contribution in [0.2, 0.25) is 0 Å². The zero-order valence-corrected chi connectivity index (χ0v) is 25.2. The highest BCUT2D eigenvalue weighted by molar-refractivity contribution is 6.01. The molecule has 0 saturated carbocycles. The Kier molecular flexibility index (Phi) is 7.53. The van der Waals surface area contributed by atoms with Crippen molar-refractivity contribution < 1.29 is 23.9 Å². The summed E-state index contributed by atoms with van der Waals surface area (Å²) in [7, 11) is 1.32. The van der Waals surface area contributed by atoms with Crippen LogP contribution in [0, 0.1) is 11.3 Å². The normalized spacial score (nSPS) is 18.5. The Morgan fingerprint density at radius 1 is 0.955 bits per heavy atom. The van der Waals surface area contributed by atoms with Crippen LogP contribution >= 0.6 is 0 Å². The van der Waals surface area contributed by atoms with Crippen molar-refractivity contribution in [2.45, 2.75) is 45.7 Å². The van der Waals surface area contributed by atoms with Gasteiger partial charge in [-0.15, -0.1) is 0 Å². The molecule has 10 nitrogen and oxygen atoms in total. The maximum atomic E-state index is 13.9. The molecule has 4 aromatic rings. The predicted molar refractivity (Wildman–Crippen MR) is 164 cm³/mol. The number of amides is 2. The smallest absolute Gasteiger partial charge is 0.339 e. The molecule has 2 amide bonds. The summed E-state index contributed by atoms with van der Waals surface area (Å²) in [5, 5.41) is 0.964. The number of nitrogens with zero attached hydrogens (tertiary/aromatic N) is 4. The Balaban J connectivity index is 1.11. The van der Waals surface area contributed by atoms with Crippen LogP contribution in [-0.4, -0.2) is 80.6 Å². The number of piperazine rings is 1. The summed E-state index contributed by atoms with van der Waals surface area (Å²) in [5.41, 5.74) is 2.99. The van der Waals surface area contributed by atoms with E-state index in [1.165, 1.54) is 13.3 Å². The number of rotatable bonds is 7. The number of carbonyl (C=O) groups is 4. The van der Waals surface area contributed by atoms with Crippen molar-refractivity contribution in [3.05, 3.63) is 83.9 Å². The first kappa shape index (κ1) is 29.2. The van der Waals surface area contributed by atoms with Crippen molar-refractivity contribution in [1.82, 2.24) is 24.8 Å². The van der Waals surface area contributed by atoms with E-state index in [-0.39, 0.29) is 36.1 Å². The monoisotopic (exact) mass is 593 g/mol. The number of esters is 1. The van der Waals surface area contributed by atoms with E-state index in [1.54, 1.807) is 30.5 Å². The first-order chi connectivity index (χ1) is 21.0. The van der Waals surface area contributed by atoms with Gasteiger partial charge in [-0.1, -0.05) is 39.0 Å². The van der Waals surface area contributed by atoms with Gasteiger partial charge in [-0.3, -0.25) is 24.4 Å². The van der Waals surface area contributed by atoms with Crippen molar-refractivity contribution in [2.75, 3.05) is 20.2 Å². The van der Waals surface area contributed by atoms with Crippen molar-refractivity contribution in [2.24, 2.45) is 11.3 Å². The lowest BCUT2D eigenvalue weighted by atomic mass is 9.76. The van der Waals surface area contributed by atoms with Crippen LogP contribution in [0.15, 0.2) is 67.0 Å². The third kappa shape index (κ3) is 5.47. The van der Waals surface area contributed by atoms with Crippen LogP contribution in [0.5, 0.6) is 0 Å². The summed E-state index contributed by atoms with van der Waals surface area (Å²) in [6, 6.07) is 16.2. The number of aromatic amines is 1. The Morgan fingerprint density at radius 3 is 2.32 bits per heavy atom. The molecule has 5 heterocycles. The molecule has 226 valence electrons. The van der Waals surface area contributed by atoms with Gasteiger partial charge in [-0.25, -0.2) is 4.79 Å². The number of ether oxygens (including phenoxy) is 1. The molecule has 1 aromatic carbocycles. The van der Waals surface area contributed by atoms with Gasteiger partial charge in [0.2, 0.25) is 5.91 Å². The van der Waals surface area contributed by atoms with Crippen molar-refractivity contribution in [3.63, 3.8) is 0 Å². The van der Waals surface area contributed by atoms with Gasteiger partial charge < -0.3 is 19.5 Å². The third-order valence-electron chi connectivity index (χ3n) is 8.81. The summed E-state index contributed by atoms with van der Waals surface area (Å²) in [6.07, 6.45) is 3.85. The number of carbonyl (C=O) groups excluding carboxylic acids is 4. The standard InChI is InChI=1S/C34H35N5O5/c1-34(2,3)25(15-30(40)29-13-20-7-5-6-8-27(20)37-29)31(41)38-18-24-14-23(38)19-39(24)32(42)28-12-9-21(16-36-28)26-11-10-22(17-35-26)33(43)44-4/h5-13,16-17,23-25,37H,14-15,18-19H2,1-4H3/t23-,24-,25+/m0/s1. The average molecular weight is 594 g/mol. The lowest BCUT2D eigenvalue weighted by molar-refractivity contribution is -0.141. The first-order valence-electron chi connectivity index (χ1n) is 14.8. The molecule has 1 N–H and O–H groups in total. The number of benzene rings is 1. The zero-order chi connectivity index (χ0) is 31.2. The van der Waals surface area contributed by atoms with Gasteiger partial charge in [0, 0.05) is 48.4 Å². The predicted octanol–water partition coefficient (Wildman–Crippen LogP) is 4.77. The number of aromatic nitrogens is 3. The quantitative estimate of drug-likeness (QED) is 0.242. The van der Waals surface area contributed by atoms with Crippen LogP contribution < -0.4 is 0 Å². The summed E-state index contributed by atoms with van der Waals surface area (Å²) in [5.74, 6) is -1.24. The van der Waals surface area contributed by atoms with Gasteiger partial charge in [0.15, 0.2) is 5.78 Å². The fraction of sp³-hybridized carbons (Fsp3) is 0.353. The number of likely N-dealkylation sites (tertiary alicyclic amines) is 2. The second kappa shape index (κ2) is 11.3. The van der Waals surface area contributed by atoms with Gasteiger partial charge in [0.05, 0.1) is 42.1 Å². The second-order valence-corrected chi connectivity index (χ2v) is 12.7. The van der Waals surface area contributed by atoms with Crippen LogP contribution in [0.4, 0.5) is 0 Å². The van der Waals surface area contributed by atoms with Crippen LogP contribution in [0.1, 0.15) is 64.9 Å². The maximum Gasteiger partial charge on any atom is 0.339 e. The van der Waals surface area contributed by atoms with Gasteiger partial charge >= 0.3 is 5.97 Å². The number of hydrogen-bond donors (Lipinski definition) is 1. The number of methoxy groups -OCH3 is 1. The van der Waals surface area contributed by atoms with Crippen LogP contribution in [0.25, 0.3) is 22.2 Å². The van der Waals surface area contributed by atoms with E-state index in [0.717, 1.165) is 10.9 Å². The molecular weight excluding hydrogens is 558 g/mol. The van der Waals surface area contributed by atoms with Gasteiger partial charge in [-0.2, -0.15) is 0 Å². The molecule has 6 rings (SSSR count). The number of hydrogen-bond acceptors (Lipinski definition) is 7. The van der Waals surface area contributed by atoms with Gasteiger partial charge in [0.25, 0.3) is 5.91 Å². The van der Waals surface area contributed by atoms with E-state index in [4.69, 9.17) is 4.74 Å². The number of para-hydroxylation sites is 1. The molecule has 44 heavy (non-hydrogen) atoms. The highest BCUT2D eigenvalue weighted by atomic mass is 16.5. The molecule has 3 atom stereocenters. The van der Waals surface area contributed by atoms with E-state index in [2.05, 4.69) is 15.0 Å². The number of ketones is 1. The summed E-state index contributed by atoms with van der Waals surface area (Å²) in [4.78, 5) is 68.0. The maximum absolute atomic E-state index is 13.9. The summed E-state index contributed by atoms with van der Waals surface area (Å²) in [6.45, 7) is 6.86. The Labute approximate surface area is 255 Å². The second-order valence-electron chi connectivity index (χ2n) is 12.7. The topological polar surface area (TPSA) is 126 Å². The largest absolute Gasteiger partial charge is 0.465 e. The molecule has 0 aliphatic carbocycles. The molecular formula is C34H35N5O5. The molecule has 0 spiro atoms. The number of Topliss-reactive ketones (excluding diaryl/α,β-unsaturated/α-hetero) is 1. The molecule has 2 aliphatic rings. The average Bonchev–Trinajstić information content (AvgIpc) is 3.77. The minimum absolute atomic E-state index is 0.0326. The summed E-state index contributed by atoms with van der Waals surface area (Å²) < 4.78 is 4.71. The van der Waals surface area contributed by atoms with Crippen LogP contribution in [-0.2, 0) is 9.53 Å². The lowest BCUT2D eigenvalue weighted by Gasteiger charge is -2.39. The Morgan fingerprint density at radius 2 is 1.70 bits per heavy atom. The third-order valence-corrected chi connectivity index (χ3v) is 8.81. The van der Waals surface area contributed by atoms with E-state index in [9.17, 15) is 19.2 Å². The van der Waals surface area contributed by atoms with E-state index >= 15 is 0 Å². The molecule has 0 unspecified atom stereocenters. The van der Waals surface area contributed by atoms with Gasteiger partial charge in [0.1, 0.15) is 5.69 Å². The van der Waals surface area contributed by atoms with Crippen molar-refractivity contribution in [3.8, 4) is 11.3 Å². The molecule has 2 aliphatic heterocycles. The highest BCUT2D eigenvalue weighted by Crippen LogP contribution is 2.38. The molecule has 2 saturated heterocycles. The number of fused-ring (bicyclic) bond motifs is 3. The van der Waals surface area contributed by atoms with Crippen LogP contribution in [0.3, 0.4) is 0 Å². The van der Waals surface area contributed by atoms with Crippen molar-refractivity contribution >= 4 is 34.5 Å². The number of nitrogens with one attached hydrogen (secondary N) is 1.